The SMILES string of the molecule is CCC.Cc1csc(C)n1. The summed E-state index contributed by atoms with van der Waals surface area (Å²) in [5.74, 6) is 0. The van der Waals surface area contributed by atoms with E-state index in [1.807, 2.05) is 13.8 Å². The summed E-state index contributed by atoms with van der Waals surface area (Å²) in [5, 5.41) is 3.20. The van der Waals surface area contributed by atoms with E-state index in [4.69, 9.17) is 0 Å². The smallest absolute Gasteiger partial charge is 0.0897 e. The summed E-state index contributed by atoms with van der Waals surface area (Å²) in [6.07, 6.45) is 1.25. The molecule has 1 aromatic heterocycles. The molecule has 2 heteroatoms. The molecule has 0 saturated carbocycles. The number of hydrogen-bond acceptors (Lipinski definition) is 2. The molecule has 1 heterocycles. The Hall–Kier alpha value is -0.370. The van der Waals surface area contributed by atoms with Gasteiger partial charge in [-0.05, 0) is 13.8 Å². The van der Waals surface area contributed by atoms with Gasteiger partial charge in [0.2, 0.25) is 0 Å². The molecule has 1 aromatic rings. The van der Waals surface area contributed by atoms with Crippen LogP contribution in [0.1, 0.15) is 31.0 Å². The summed E-state index contributed by atoms with van der Waals surface area (Å²) in [6.45, 7) is 8.27. The minimum absolute atomic E-state index is 1.13. The van der Waals surface area contributed by atoms with Gasteiger partial charge in [0.1, 0.15) is 0 Å². The van der Waals surface area contributed by atoms with Crippen molar-refractivity contribution in [2.75, 3.05) is 0 Å². The maximum Gasteiger partial charge on any atom is 0.0897 e. The molecule has 0 bridgehead atoms. The number of thiazole rings is 1. The van der Waals surface area contributed by atoms with Gasteiger partial charge in [0.25, 0.3) is 0 Å². The molecule has 0 unspecified atom stereocenters. The van der Waals surface area contributed by atoms with Crippen LogP contribution < -0.4 is 0 Å². The van der Waals surface area contributed by atoms with Gasteiger partial charge in [0.15, 0.2) is 0 Å². The number of rotatable bonds is 0. The van der Waals surface area contributed by atoms with Crippen LogP contribution >= 0.6 is 11.3 Å². The van der Waals surface area contributed by atoms with Crippen LogP contribution in [0.5, 0.6) is 0 Å². The molecule has 1 rings (SSSR count). The minimum Gasteiger partial charge on any atom is -0.247 e. The molecule has 0 radical (unpaired) electrons. The van der Waals surface area contributed by atoms with Crippen LogP contribution in [-0.2, 0) is 0 Å². The highest BCUT2D eigenvalue weighted by Crippen LogP contribution is 2.04. The summed E-state index contributed by atoms with van der Waals surface area (Å²) >= 11 is 1.69. The van der Waals surface area contributed by atoms with E-state index < -0.39 is 0 Å². The number of aromatic nitrogens is 1. The normalized spacial score (nSPS) is 8.40. The third kappa shape index (κ3) is 4.50. The van der Waals surface area contributed by atoms with E-state index in [0.717, 1.165) is 10.7 Å². The van der Waals surface area contributed by atoms with Crippen LogP contribution in [-0.4, -0.2) is 4.98 Å². The van der Waals surface area contributed by atoms with Crippen molar-refractivity contribution in [2.24, 2.45) is 0 Å². The Kier molecular flexibility index (Phi) is 5.22. The van der Waals surface area contributed by atoms with Gasteiger partial charge in [0, 0.05) is 11.1 Å². The van der Waals surface area contributed by atoms with Crippen LogP contribution in [0.3, 0.4) is 0 Å². The van der Waals surface area contributed by atoms with Crippen molar-refractivity contribution >= 4 is 11.3 Å². The molecule has 0 spiro atoms. The predicted molar refractivity (Wildman–Crippen MR) is 47.6 cm³/mol. The topological polar surface area (TPSA) is 12.9 Å². The zero-order valence-electron chi connectivity index (χ0n) is 7.14. The van der Waals surface area contributed by atoms with E-state index in [0.29, 0.717) is 0 Å². The maximum absolute atomic E-state index is 4.13. The van der Waals surface area contributed by atoms with Crippen molar-refractivity contribution in [3.8, 4) is 0 Å². The Balaban J connectivity index is 0.000000236. The fraction of sp³-hybridized carbons (Fsp3) is 0.625. The first-order valence-corrected chi connectivity index (χ1v) is 4.47. The molecular formula is C8H15NS. The largest absolute Gasteiger partial charge is 0.247 e. The van der Waals surface area contributed by atoms with Crippen molar-refractivity contribution in [1.29, 1.82) is 0 Å². The van der Waals surface area contributed by atoms with Gasteiger partial charge >= 0.3 is 0 Å². The fourth-order valence-corrected chi connectivity index (χ4v) is 1.06. The molecule has 58 valence electrons. The van der Waals surface area contributed by atoms with Gasteiger partial charge in [0.05, 0.1) is 5.01 Å². The first-order chi connectivity index (χ1) is 4.70. The quantitative estimate of drug-likeness (QED) is 0.563. The van der Waals surface area contributed by atoms with Crippen LogP contribution in [0.15, 0.2) is 5.38 Å². The monoisotopic (exact) mass is 157 g/mol. The van der Waals surface area contributed by atoms with Crippen molar-refractivity contribution < 1.29 is 0 Å². The summed E-state index contributed by atoms with van der Waals surface area (Å²) in [7, 11) is 0. The lowest BCUT2D eigenvalue weighted by molar-refractivity contribution is 1.09. The van der Waals surface area contributed by atoms with Crippen molar-refractivity contribution in [3.05, 3.63) is 16.1 Å². The second kappa shape index (κ2) is 5.42. The summed E-state index contributed by atoms with van der Waals surface area (Å²) in [5.41, 5.74) is 1.13. The van der Waals surface area contributed by atoms with Gasteiger partial charge in [-0.3, -0.25) is 0 Å². The number of aryl methyl sites for hydroxylation is 2. The second-order valence-electron chi connectivity index (χ2n) is 2.22. The lowest BCUT2D eigenvalue weighted by Crippen LogP contribution is -1.67. The van der Waals surface area contributed by atoms with Crippen molar-refractivity contribution in [1.82, 2.24) is 4.98 Å². The summed E-state index contributed by atoms with van der Waals surface area (Å²) in [4.78, 5) is 4.13. The van der Waals surface area contributed by atoms with Crippen molar-refractivity contribution in [2.45, 2.75) is 34.1 Å². The zero-order valence-corrected chi connectivity index (χ0v) is 7.96. The molecule has 0 aliphatic rings. The number of hydrogen-bond donors (Lipinski definition) is 0. The van der Waals surface area contributed by atoms with Crippen LogP contribution in [0.4, 0.5) is 0 Å². The van der Waals surface area contributed by atoms with Gasteiger partial charge in [-0.1, -0.05) is 20.3 Å². The Morgan fingerprint density at radius 1 is 1.40 bits per heavy atom. The molecule has 0 saturated heterocycles. The Bertz CT molecular complexity index is 153. The third-order valence-corrected chi connectivity index (χ3v) is 1.63. The zero-order chi connectivity index (χ0) is 7.98. The second-order valence-corrected chi connectivity index (χ2v) is 3.28. The molecular weight excluding hydrogens is 142 g/mol. The standard InChI is InChI=1S/C5H7NS.C3H8/c1-4-3-7-5(2)6-4;1-3-2/h3H,1-2H3;3H2,1-2H3. The Labute approximate surface area is 67.1 Å². The first-order valence-electron chi connectivity index (χ1n) is 3.59. The summed E-state index contributed by atoms with van der Waals surface area (Å²) in [6, 6.07) is 0. The summed E-state index contributed by atoms with van der Waals surface area (Å²) < 4.78 is 0. The lowest BCUT2D eigenvalue weighted by Gasteiger charge is -1.71. The van der Waals surface area contributed by atoms with Crippen LogP contribution in [0.2, 0.25) is 0 Å². The average Bonchev–Trinajstić information content (AvgIpc) is 2.17. The Morgan fingerprint density at radius 3 is 2.00 bits per heavy atom. The molecule has 0 atom stereocenters. The third-order valence-electron chi connectivity index (χ3n) is 0.734. The molecule has 0 aliphatic carbocycles. The molecule has 1 nitrogen and oxygen atoms in total. The van der Waals surface area contributed by atoms with Crippen LogP contribution in [0.25, 0.3) is 0 Å². The minimum atomic E-state index is 1.13. The molecule has 0 amide bonds. The number of nitrogens with zero attached hydrogens (tertiary/aromatic N) is 1. The van der Waals surface area contributed by atoms with E-state index in [1.165, 1.54) is 6.42 Å². The molecule has 0 fully saturated rings. The Morgan fingerprint density at radius 2 is 1.90 bits per heavy atom. The molecule has 10 heavy (non-hydrogen) atoms. The van der Waals surface area contributed by atoms with E-state index >= 15 is 0 Å². The van der Waals surface area contributed by atoms with Gasteiger partial charge in [-0.2, -0.15) is 0 Å². The fourth-order valence-electron chi connectivity index (χ4n) is 0.472. The lowest BCUT2D eigenvalue weighted by atomic mass is 10.6. The first kappa shape index (κ1) is 9.63. The molecule has 0 N–H and O–H groups in total. The van der Waals surface area contributed by atoms with E-state index in [2.05, 4.69) is 24.2 Å². The maximum atomic E-state index is 4.13. The highest BCUT2D eigenvalue weighted by Gasteiger charge is 1.85. The van der Waals surface area contributed by atoms with Gasteiger partial charge in [-0.15, -0.1) is 11.3 Å². The van der Waals surface area contributed by atoms with Gasteiger partial charge in [-0.25, -0.2) is 4.98 Å². The highest BCUT2D eigenvalue weighted by atomic mass is 32.1. The van der Waals surface area contributed by atoms with E-state index in [1.54, 1.807) is 11.3 Å². The molecule has 0 aliphatic heterocycles. The average molecular weight is 157 g/mol. The predicted octanol–water partition coefficient (Wildman–Crippen LogP) is 3.18. The van der Waals surface area contributed by atoms with E-state index in [9.17, 15) is 0 Å². The highest BCUT2D eigenvalue weighted by molar-refractivity contribution is 7.09. The van der Waals surface area contributed by atoms with E-state index in [-0.39, 0.29) is 0 Å². The molecule has 0 aromatic carbocycles. The van der Waals surface area contributed by atoms with Crippen LogP contribution in [0, 0.1) is 13.8 Å². The van der Waals surface area contributed by atoms with Crippen molar-refractivity contribution in [3.63, 3.8) is 0 Å². The van der Waals surface area contributed by atoms with Gasteiger partial charge < -0.3 is 0 Å².